The second-order valence-corrected chi connectivity index (χ2v) is 10.4. The second kappa shape index (κ2) is 18.8. The number of hydrogen-bond donors (Lipinski definition) is 0. The molecule has 5 heteroatoms. The lowest BCUT2D eigenvalue weighted by Crippen LogP contribution is -2.08. The van der Waals surface area contributed by atoms with Gasteiger partial charge in [-0.2, -0.15) is 10.2 Å². The molecule has 0 aromatic heterocycles. The van der Waals surface area contributed by atoms with Crippen molar-refractivity contribution >= 4 is 17.3 Å². The van der Waals surface area contributed by atoms with Crippen molar-refractivity contribution in [3.05, 3.63) is 83.9 Å². The number of benzene rings is 3. The molecular formula is C35H46N2O3. The quantitative estimate of drug-likeness (QED) is 0.0655. The van der Waals surface area contributed by atoms with Crippen molar-refractivity contribution in [3.8, 4) is 11.5 Å². The summed E-state index contributed by atoms with van der Waals surface area (Å²) in [5.74, 6) is 1.02. The summed E-state index contributed by atoms with van der Waals surface area (Å²) in [7, 11) is 0. The highest BCUT2D eigenvalue weighted by Gasteiger charge is 2.09. The summed E-state index contributed by atoms with van der Waals surface area (Å²) in [4.78, 5) is 12.6. The molecule has 0 spiro atoms. The Balaban J connectivity index is 1.38. The number of azo groups is 1. The standard InChI is InChI=1S/C35H46N2O3/c1-3-5-7-9-10-12-14-28-39-33-26-22-32(23-27-33)37-36-31-20-18-30(19-21-31)35(38)40-34-24-16-29(17-25-34)15-13-11-8-6-4-2/h16-27H,3-15,28H2,1-2H3. The minimum absolute atomic E-state index is 0.386. The van der Waals surface area contributed by atoms with Crippen LogP contribution in [0.1, 0.15) is 107 Å². The predicted molar refractivity (Wildman–Crippen MR) is 164 cm³/mol. The van der Waals surface area contributed by atoms with Crippen LogP contribution in [-0.2, 0) is 6.42 Å². The first kappa shape index (κ1) is 31.1. The van der Waals surface area contributed by atoms with Gasteiger partial charge in [-0.1, -0.05) is 90.2 Å². The van der Waals surface area contributed by atoms with Gasteiger partial charge >= 0.3 is 5.97 Å². The molecule has 0 atom stereocenters. The summed E-state index contributed by atoms with van der Waals surface area (Å²) < 4.78 is 11.4. The molecule has 0 bridgehead atoms. The van der Waals surface area contributed by atoms with Crippen molar-refractivity contribution in [1.82, 2.24) is 0 Å². The lowest BCUT2D eigenvalue weighted by molar-refractivity contribution is 0.0734. The number of carbonyl (C=O) groups excluding carboxylic acids is 1. The topological polar surface area (TPSA) is 60.2 Å². The van der Waals surface area contributed by atoms with E-state index in [1.807, 2.05) is 48.5 Å². The zero-order valence-corrected chi connectivity index (χ0v) is 24.4. The van der Waals surface area contributed by atoms with Crippen molar-refractivity contribution in [3.63, 3.8) is 0 Å². The van der Waals surface area contributed by atoms with Gasteiger partial charge in [0.05, 0.1) is 23.5 Å². The Bertz CT molecular complexity index is 1120. The molecule has 0 saturated carbocycles. The summed E-state index contributed by atoms with van der Waals surface area (Å²) in [5.41, 5.74) is 3.16. The van der Waals surface area contributed by atoms with Crippen LogP contribution in [0, 0.1) is 0 Å². The van der Waals surface area contributed by atoms with Crippen LogP contribution < -0.4 is 9.47 Å². The Hall–Kier alpha value is -3.47. The smallest absolute Gasteiger partial charge is 0.343 e. The van der Waals surface area contributed by atoms with Gasteiger partial charge in [-0.25, -0.2) is 4.79 Å². The number of ether oxygens (including phenoxy) is 2. The van der Waals surface area contributed by atoms with E-state index in [9.17, 15) is 4.79 Å². The third-order valence-corrected chi connectivity index (χ3v) is 6.94. The molecule has 3 rings (SSSR count). The van der Waals surface area contributed by atoms with Gasteiger partial charge in [0.2, 0.25) is 0 Å². The molecule has 0 heterocycles. The summed E-state index contributed by atoms with van der Waals surface area (Å²) in [6.45, 7) is 5.22. The van der Waals surface area contributed by atoms with E-state index in [1.54, 1.807) is 24.3 Å². The van der Waals surface area contributed by atoms with E-state index in [0.29, 0.717) is 17.0 Å². The Morgan fingerprint density at radius 3 is 1.68 bits per heavy atom. The van der Waals surface area contributed by atoms with E-state index in [1.165, 1.54) is 76.2 Å². The van der Waals surface area contributed by atoms with Crippen LogP contribution in [0.5, 0.6) is 11.5 Å². The van der Waals surface area contributed by atoms with Gasteiger partial charge in [-0.05, 0) is 85.5 Å². The molecule has 0 aliphatic carbocycles. The maximum Gasteiger partial charge on any atom is 0.343 e. The van der Waals surface area contributed by atoms with Crippen molar-refractivity contribution < 1.29 is 14.3 Å². The first-order valence-electron chi connectivity index (χ1n) is 15.2. The highest BCUT2D eigenvalue weighted by molar-refractivity contribution is 5.91. The van der Waals surface area contributed by atoms with E-state index in [2.05, 4.69) is 24.1 Å². The van der Waals surface area contributed by atoms with Crippen LogP contribution in [0.3, 0.4) is 0 Å². The summed E-state index contributed by atoms with van der Waals surface area (Å²) in [5, 5.41) is 8.59. The average molecular weight is 543 g/mol. The Morgan fingerprint density at radius 1 is 0.575 bits per heavy atom. The van der Waals surface area contributed by atoms with Crippen LogP contribution >= 0.6 is 0 Å². The summed E-state index contributed by atoms with van der Waals surface area (Å²) in [6, 6.07) is 22.4. The fourth-order valence-electron chi connectivity index (χ4n) is 4.46. The molecule has 40 heavy (non-hydrogen) atoms. The van der Waals surface area contributed by atoms with Crippen LogP contribution in [-0.4, -0.2) is 12.6 Å². The molecule has 0 fully saturated rings. The molecule has 0 unspecified atom stereocenters. The van der Waals surface area contributed by atoms with Gasteiger partial charge in [0.1, 0.15) is 11.5 Å². The predicted octanol–water partition coefficient (Wildman–Crippen LogP) is 11.0. The second-order valence-electron chi connectivity index (χ2n) is 10.4. The normalized spacial score (nSPS) is 11.2. The van der Waals surface area contributed by atoms with E-state index < -0.39 is 0 Å². The number of carbonyl (C=O) groups is 1. The molecule has 214 valence electrons. The van der Waals surface area contributed by atoms with E-state index in [4.69, 9.17) is 9.47 Å². The lowest BCUT2D eigenvalue weighted by atomic mass is 10.1. The van der Waals surface area contributed by atoms with Crippen molar-refractivity contribution in [1.29, 1.82) is 0 Å². The molecule has 3 aromatic rings. The van der Waals surface area contributed by atoms with Crippen LogP contribution in [0.4, 0.5) is 11.4 Å². The molecule has 0 aliphatic rings. The zero-order valence-electron chi connectivity index (χ0n) is 24.4. The monoisotopic (exact) mass is 542 g/mol. The molecule has 0 radical (unpaired) electrons. The van der Waals surface area contributed by atoms with Crippen molar-refractivity contribution in [2.45, 2.75) is 97.3 Å². The van der Waals surface area contributed by atoms with Crippen LogP contribution in [0.2, 0.25) is 0 Å². The SMILES string of the molecule is CCCCCCCCCOc1ccc(N=Nc2ccc(C(=O)Oc3ccc(CCCCCCC)cc3)cc2)cc1. The maximum atomic E-state index is 12.6. The average Bonchev–Trinajstić information content (AvgIpc) is 2.99. The Kier molecular flexibility index (Phi) is 14.6. The molecule has 0 saturated heterocycles. The number of esters is 1. The van der Waals surface area contributed by atoms with Gasteiger partial charge in [0.15, 0.2) is 0 Å². The first-order valence-corrected chi connectivity index (χ1v) is 15.2. The molecule has 0 aliphatic heterocycles. The molecule has 0 amide bonds. The summed E-state index contributed by atoms with van der Waals surface area (Å²) in [6.07, 6.45) is 16.3. The molecule has 3 aromatic carbocycles. The first-order chi connectivity index (χ1) is 19.7. The van der Waals surface area contributed by atoms with E-state index in [-0.39, 0.29) is 5.97 Å². The number of nitrogens with zero attached hydrogens (tertiary/aromatic N) is 2. The Morgan fingerprint density at radius 2 is 1.07 bits per heavy atom. The lowest BCUT2D eigenvalue weighted by Gasteiger charge is -2.06. The Labute approximate surface area is 241 Å². The largest absolute Gasteiger partial charge is 0.494 e. The number of hydrogen-bond acceptors (Lipinski definition) is 5. The number of rotatable bonds is 19. The third kappa shape index (κ3) is 12.1. The molecular weight excluding hydrogens is 496 g/mol. The highest BCUT2D eigenvalue weighted by Crippen LogP contribution is 2.23. The minimum Gasteiger partial charge on any atom is -0.494 e. The fraction of sp³-hybridized carbons (Fsp3) is 0.457. The van der Waals surface area contributed by atoms with Crippen LogP contribution in [0.15, 0.2) is 83.0 Å². The highest BCUT2D eigenvalue weighted by atomic mass is 16.5. The van der Waals surface area contributed by atoms with Gasteiger partial charge in [0.25, 0.3) is 0 Å². The molecule has 5 nitrogen and oxygen atoms in total. The van der Waals surface area contributed by atoms with E-state index in [0.717, 1.165) is 30.9 Å². The molecule has 0 N–H and O–H groups in total. The van der Waals surface area contributed by atoms with Crippen molar-refractivity contribution in [2.75, 3.05) is 6.61 Å². The maximum absolute atomic E-state index is 12.6. The number of unbranched alkanes of at least 4 members (excludes halogenated alkanes) is 10. The van der Waals surface area contributed by atoms with Gasteiger partial charge < -0.3 is 9.47 Å². The number of aryl methyl sites for hydroxylation is 1. The summed E-state index contributed by atoms with van der Waals surface area (Å²) >= 11 is 0. The van der Waals surface area contributed by atoms with Crippen LogP contribution in [0.25, 0.3) is 0 Å². The fourth-order valence-corrected chi connectivity index (χ4v) is 4.46. The zero-order chi connectivity index (χ0) is 28.3. The van der Waals surface area contributed by atoms with Gasteiger partial charge in [-0.3, -0.25) is 0 Å². The van der Waals surface area contributed by atoms with Crippen molar-refractivity contribution in [2.24, 2.45) is 10.2 Å². The van der Waals surface area contributed by atoms with Gasteiger partial charge in [0, 0.05) is 0 Å². The van der Waals surface area contributed by atoms with Gasteiger partial charge in [-0.15, -0.1) is 0 Å². The minimum atomic E-state index is -0.386. The van der Waals surface area contributed by atoms with E-state index >= 15 is 0 Å². The third-order valence-electron chi connectivity index (χ3n) is 6.94.